The Balaban J connectivity index is 1.83. The van der Waals surface area contributed by atoms with Crippen LogP contribution >= 0.6 is 0 Å². The van der Waals surface area contributed by atoms with Gasteiger partial charge >= 0.3 is 5.97 Å². The van der Waals surface area contributed by atoms with Crippen molar-refractivity contribution in [2.45, 2.75) is 20.3 Å². The summed E-state index contributed by atoms with van der Waals surface area (Å²) in [5, 5.41) is 2.18. The lowest BCUT2D eigenvalue weighted by Gasteiger charge is -2.07. The zero-order valence-corrected chi connectivity index (χ0v) is 14.3. The first-order chi connectivity index (χ1) is 12.0. The highest BCUT2D eigenvalue weighted by Crippen LogP contribution is 2.10. The van der Waals surface area contributed by atoms with Crippen molar-refractivity contribution in [1.82, 2.24) is 5.32 Å². The molecular formula is C20H21NO4. The number of benzene rings is 2. The van der Waals surface area contributed by atoms with Crippen LogP contribution in [-0.4, -0.2) is 24.4 Å². The number of carbonyl (C=O) groups is 3. The molecule has 5 heteroatoms. The van der Waals surface area contributed by atoms with Crippen LogP contribution in [0.5, 0.6) is 0 Å². The summed E-state index contributed by atoms with van der Waals surface area (Å²) < 4.78 is 4.94. The lowest BCUT2D eigenvalue weighted by molar-refractivity contribution is -0.123. The Morgan fingerprint density at radius 3 is 2.16 bits per heavy atom. The van der Waals surface area contributed by atoms with Gasteiger partial charge in [0, 0.05) is 5.56 Å². The average molecular weight is 339 g/mol. The minimum atomic E-state index is -0.668. The molecule has 25 heavy (non-hydrogen) atoms. The molecule has 0 bridgehead atoms. The Morgan fingerprint density at radius 2 is 1.56 bits per heavy atom. The molecule has 0 heterocycles. The van der Waals surface area contributed by atoms with E-state index >= 15 is 0 Å². The zero-order valence-electron chi connectivity index (χ0n) is 14.3. The Bertz CT molecular complexity index is 736. The smallest absolute Gasteiger partial charge is 0.338 e. The van der Waals surface area contributed by atoms with Crippen LogP contribution < -0.4 is 5.32 Å². The second-order valence-corrected chi connectivity index (χ2v) is 6.11. The molecule has 5 nitrogen and oxygen atoms in total. The van der Waals surface area contributed by atoms with Gasteiger partial charge < -0.3 is 4.74 Å². The van der Waals surface area contributed by atoms with Crippen molar-refractivity contribution >= 4 is 17.8 Å². The molecule has 0 fully saturated rings. The van der Waals surface area contributed by atoms with Crippen molar-refractivity contribution in [2.75, 3.05) is 6.61 Å². The first-order valence-electron chi connectivity index (χ1n) is 8.11. The summed E-state index contributed by atoms with van der Waals surface area (Å²) in [6.45, 7) is 3.74. The molecular weight excluding hydrogens is 318 g/mol. The summed E-state index contributed by atoms with van der Waals surface area (Å²) in [5.41, 5.74) is 1.87. The molecule has 0 atom stereocenters. The van der Waals surface area contributed by atoms with Gasteiger partial charge in [-0.3, -0.25) is 14.9 Å². The van der Waals surface area contributed by atoms with Crippen LogP contribution in [0, 0.1) is 5.92 Å². The lowest BCUT2D eigenvalue weighted by atomic mass is 10.0. The third kappa shape index (κ3) is 5.88. The molecule has 0 aromatic heterocycles. The maximum absolute atomic E-state index is 12.0. The first kappa shape index (κ1) is 18.4. The minimum absolute atomic E-state index is 0.364. The van der Waals surface area contributed by atoms with Crippen LogP contribution in [0.2, 0.25) is 0 Å². The number of hydrogen-bond donors (Lipinski definition) is 1. The lowest BCUT2D eigenvalue weighted by Crippen LogP contribution is -2.34. The number of amides is 2. The summed E-state index contributed by atoms with van der Waals surface area (Å²) in [7, 11) is 0. The van der Waals surface area contributed by atoms with Crippen molar-refractivity contribution in [3.05, 3.63) is 71.3 Å². The van der Waals surface area contributed by atoms with Gasteiger partial charge in [0.2, 0.25) is 0 Å². The Hall–Kier alpha value is -2.95. The summed E-state index contributed by atoms with van der Waals surface area (Å²) in [5.74, 6) is -1.26. The number of rotatable bonds is 6. The van der Waals surface area contributed by atoms with Crippen LogP contribution in [0.25, 0.3) is 0 Å². The molecule has 2 amide bonds. The topological polar surface area (TPSA) is 72.5 Å². The third-order valence-electron chi connectivity index (χ3n) is 3.46. The van der Waals surface area contributed by atoms with E-state index in [2.05, 4.69) is 19.2 Å². The maximum atomic E-state index is 12.0. The molecule has 0 aliphatic rings. The van der Waals surface area contributed by atoms with Gasteiger partial charge in [-0.1, -0.05) is 44.2 Å². The van der Waals surface area contributed by atoms with Gasteiger partial charge in [0.1, 0.15) is 0 Å². The van der Waals surface area contributed by atoms with Gasteiger partial charge in [0.25, 0.3) is 11.8 Å². The van der Waals surface area contributed by atoms with Gasteiger partial charge in [0.15, 0.2) is 6.61 Å². The zero-order chi connectivity index (χ0) is 18.2. The Labute approximate surface area is 147 Å². The number of hydrogen-bond acceptors (Lipinski definition) is 4. The highest BCUT2D eigenvalue weighted by atomic mass is 16.5. The number of ether oxygens (including phenoxy) is 1. The molecule has 0 saturated heterocycles. The van der Waals surface area contributed by atoms with Crippen molar-refractivity contribution in [3.63, 3.8) is 0 Å². The third-order valence-corrected chi connectivity index (χ3v) is 3.46. The quantitative estimate of drug-likeness (QED) is 0.821. The van der Waals surface area contributed by atoms with Crippen LogP contribution in [0.1, 0.15) is 40.1 Å². The fourth-order valence-corrected chi connectivity index (χ4v) is 2.29. The summed E-state index contributed by atoms with van der Waals surface area (Å²) >= 11 is 0. The number of nitrogens with one attached hydrogen (secondary N) is 1. The van der Waals surface area contributed by atoms with E-state index in [1.165, 1.54) is 0 Å². The van der Waals surface area contributed by atoms with E-state index in [1.54, 1.807) is 42.5 Å². The van der Waals surface area contributed by atoms with E-state index in [0.29, 0.717) is 17.0 Å². The van der Waals surface area contributed by atoms with Crippen LogP contribution in [0.3, 0.4) is 0 Å². The average Bonchev–Trinajstić information content (AvgIpc) is 2.60. The number of imide groups is 1. The molecule has 2 rings (SSSR count). The molecule has 0 saturated carbocycles. The molecule has 0 aliphatic carbocycles. The Morgan fingerprint density at radius 1 is 0.920 bits per heavy atom. The Kier molecular flexibility index (Phi) is 6.46. The molecule has 2 aromatic rings. The van der Waals surface area contributed by atoms with Gasteiger partial charge in [-0.25, -0.2) is 4.79 Å². The van der Waals surface area contributed by atoms with E-state index in [9.17, 15) is 14.4 Å². The fraction of sp³-hybridized carbons (Fsp3) is 0.250. The van der Waals surface area contributed by atoms with Crippen LogP contribution in [-0.2, 0) is 16.0 Å². The standard InChI is InChI=1S/C20H21NO4/c1-14(2)12-15-8-10-17(11-9-15)20(24)25-13-18(22)21-19(23)16-6-4-3-5-7-16/h3-11,14H,12-13H2,1-2H3,(H,21,22,23). The predicted octanol–water partition coefficient (Wildman–Crippen LogP) is 3.00. The second-order valence-electron chi connectivity index (χ2n) is 6.11. The summed E-state index contributed by atoms with van der Waals surface area (Å²) in [6, 6.07) is 15.4. The van der Waals surface area contributed by atoms with E-state index in [0.717, 1.165) is 12.0 Å². The van der Waals surface area contributed by atoms with E-state index in [4.69, 9.17) is 4.74 Å². The molecule has 0 aliphatic heterocycles. The van der Waals surface area contributed by atoms with Crippen molar-refractivity contribution in [2.24, 2.45) is 5.92 Å². The SMILES string of the molecule is CC(C)Cc1ccc(C(=O)OCC(=O)NC(=O)c2ccccc2)cc1. The second kappa shape index (κ2) is 8.78. The molecule has 2 aromatic carbocycles. The van der Waals surface area contributed by atoms with Crippen LogP contribution in [0.15, 0.2) is 54.6 Å². The van der Waals surface area contributed by atoms with Crippen molar-refractivity contribution in [3.8, 4) is 0 Å². The van der Waals surface area contributed by atoms with Gasteiger partial charge in [0.05, 0.1) is 5.56 Å². The van der Waals surface area contributed by atoms with Gasteiger partial charge in [-0.2, -0.15) is 0 Å². The molecule has 0 spiro atoms. The molecule has 0 unspecified atom stereocenters. The molecule has 0 radical (unpaired) electrons. The normalized spacial score (nSPS) is 10.4. The van der Waals surface area contributed by atoms with Crippen LogP contribution in [0.4, 0.5) is 0 Å². The largest absolute Gasteiger partial charge is 0.452 e. The number of esters is 1. The van der Waals surface area contributed by atoms with Crippen molar-refractivity contribution < 1.29 is 19.1 Å². The monoisotopic (exact) mass is 339 g/mol. The maximum Gasteiger partial charge on any atom is 0.338 e. The first-order valence-corrected chi connectivity index (χ1v) is 8.11. The summed E-state index contributed by atoms with van der Waals surface area (Å²) in [6.07, 6.45) is 0.930. The van der Waals surface area contributed by atoms with Gasteiger partial charge in [-0.05, 0) is 42.2 Å². The van der Waals surface area contributed by atoms with Crippen molar-refractivity contribution in [1.29, 1.82) is 0 Å². The summed E-state index contributed by atoms with van der Waals surface area (Å²) in [4.78, 5) is 35.5. The molecule has 1 N–H and O–H groups in total. The molecule has 130 valence electrons. The highest BCUT2D eigenvalue weighted by molar-refractivity contribution is 6.05. The van der Waals surface area contributed by atoms with E-state index in [1.807, 2.05) is 12.1 Å². The van der Waals surface area contributed by atoms with E-state index in [-0.39, 0.29) is 0 Å². The number of carbonyl (C=O) groups excluding carboxylic acids is 3. The minimum Gasteiger partial charge on any atom is -0.452 e. The highest BCUT2D eigenvalue weighted by Gasteiger charge is 2.13. The van der Waals surface area contributed by atoms with Gasteiger partial charge in [-0.15, -0.1) is 0 Å². The fourth-order valence-electron chi connectivity index (χ4n) is 2.29. The predicted molar refractivity (Wildman–Crippen MR) is 94.2 cm³/mol. The van der Waals surface area contributed by atoms with E-state index < -0.39 is 24.4 Å².